The molecule has 18 heavy (non-hydrogen) atoms. The lowest BCUT2D eigenvalue weighted by atomic mass is 10.2. The normalized spacial score (nSPS) is 14.9. The van der Waals surface area contributed by atoms with Crippen molar-refractivity contribution in [2.75, 3.05) is 12.3 Å². The molecule has 1 aromatic rings. The molecule has 0 saturated heterocycles. The number of hydrogen-bond donors (Lipinski definition) is 1. The van der Waals surface area contributed by atoms with Crippen LogP contribution in [0.4, 0.5) is 10.1 Å². The van der Waals surface area contributed by atoms with Crippen molar-refractivity contribution in [3.63, 3.8) is 0 Å². The molecular formula is C14H20FNO2. The topological polar surface area (TPSA) is 44.5 Å². The van der Waals surface area contributed by atoms with Crippen LogP contribution in [0.15, 0.2) is 12.1 Å². The van der Waals surface area contributed by atoms with Crippen molar-refractivity contribution < 1.29 is 13.9 Å². The minimum absolute atomic E-state index is 0.0811. The first-order valence-corrected chi connectivity index (χ1v) is 6.44. The lowest BCUT2D eigenvalue weighted by Gasteiger charge is -2.14. The molecule has 0 aromatic heterocycles. The number of anilines is 1. The van der Waals surface area contributed by atoms with Crippen LogP contribution in [0.5, 0.6) is 11.5 Å². The van der Waals surface area contributed by atoms with Crippen molar-refractivity contribution in [1.82, 2.24) is 0 Å². The number of nitrogens with two attached hydrogens (primary N) is 1. The van der Waals surface area contributed by atoms with E-state index in [9.17, 15) is 4.39 Å². The van der Waals surface area contributed by atoms with E-state index in [2.05, 4.69) is 0 Å². The van der Waals surface area contributed by atoms with Gasteiger partial charge in [-0.15, -0.1) is 0 Å². The minimum Gasteiger partial charge on any atom is -0.491 e. The Kier molecular flexibility index (Phi) is 3.94. The van der Waals surface area contributed by atoms with Crippen LogP contribution < -0.4 is 15.2 Å². The predicted octanol–water partition coefficient (Wildman–Crippen LogP) is 3.37. The van der Waals surface area contributed by atoms with Crippen LogP contribution in [-0.2, 0) is 0 Å². The molecule has 3 nitrogen and oxygen atoms in total. The van der Waals surface area contributed by atoms with E-state index in [1.54, 1.807) is 0 Å². The first-order chi connectivity index (χ1) is 8.56. The van der Waals surface area contributed by atoms with Gasteiger partial charge < -0.3 is 15.2 Å². The van der Waals surface area contributed by atoms with Crippen LogP contribution in [0.1, 0.15) is 33.1 Å². The summed E-state index contributed by atoms with van der Waals surface area (Å²) in [5.74, 6) is 1.06. The van der Waals surface area contributed by atoms with Crippen LogP contribution in [0, 0.1) is 11.7 Å². The highest BCUT2D eigenvalue weighted by Crippen LogP contribution is 2.34. The number of rotatable bonds is 6. The maximum atomic E-state index is 13.6. The van der Waals surface area contributed by atoms with Crippen LogP contribution in [0.3, 0.4) is 0 Å². The van der Waals surface area contributed by atoms with Gasteiger partial charge in [-0.1, -0.05) is 12.8 Å². The monoisotopic (exact) mass is 253 g/mol. The van der Waals surface area contributed by atoms with E-state index in [-0.39, 0.29) is 11.9 Å². The summed E-state index contributed by atoms with van der Waals surface area (Å²) in [6, 6.07) is 2.79. The van der Waals surface area contributed by atoms with Gasteiger partial charge in [0.25, 0.3) is 0 Å². The molecular weight excluding hydrogens is 233 g/mol. The number of ether oxygens (including phenoxy) is 2. The molecule has 0 bridgehead atoms. The molecule has 2 rings (SSSR count). The Hall–Kier alpha value is -1.45. The Morgan fingerprint density at radius 1 is 1.33 bits per heavy atom. The fourth-order valence-corrected chi connectivity index (χ4v) is 1.76. The van der Waals surface area contributed by atoms with Gasteiger partial charge in [-0.2, -0.15) is 0 Å². The minimum atomic E-state index is -0.448. The average Bonchev–Trinajstić information content (AvgIpc) is 3.08. The summed E-state index contributed by atoms with van der Waals surface area (Å²) in [7, 11) is 0. The molecule has 0 heterocycles. The molecule has 1 fully saturated rings. The standard InChI is InChI=1S/C14H20FNO2/c1-9(2)18-13-8-14(12(16)7-11(13)15)17-6-5-10-3-4-10/h7-10H,3-6,16H2,1-2H3. The van der Waals surface area contributed by atoms with Crippen molar-refractivity contribution in [1.29, 1.82) is 0 Å². The van der Waals surface area contributed by atoms with Crippen molar-refractivity contribution in [3.8, 4) is 11.5 Å². The Morgan fingerprint density at radius 3 is 2.67 bits per heavy atom. The molecule has 2 N–H and O–H groups in total. The second kappa shape index (κ2) is 5.46. The van der Waals surface area contributed by atoms with Crippen molar-refractivity contribution in [2.24, 2.45) is 5.92 Å². The third-order valence-corrected chi connectivity index (χ3v) is 2.91. The molecule has 0 radical (unpaired) electrons. The molecule has 1 aliphatic rings. The van der Waals surface area contributed by atoms with Gasteiger partial charge in [-0.05, 0) is 26.2 Å². The average molecular weight is 253 g/mol. The molecule has 1 saturated carbocycles. The summed E-state index contributed by atoms with van der Waals surface area (Å²) in [4.78, 5) is 0. The molecule has 0 aliphatic heterocycles. The molecule has 0 spiro atoms. The lowest BCUT2D eigenvalue weighted by molar-refractivity contribution is 0.228. The van der Waals surface area contributed by atoms with Gasteiger partial charge in [0.05, 0.1) is 18.4 Å². The third-order valence-electron chi connectivity index (χ3n) is 2.91. The van der Waals surface area contributed by atoms with Crippen molar-refractivity contribution >= 4 is 5.69 Å². The summed E-state index contributed by atoms with van der Waals surface area (Å²) in [5, 5.41) is 0. The zero-order valence-electron chi connectivity index (χ0n) is 10.9. The first kappa shape index (κ1) is 13.0. The summed E-state index contributed by atoms with van der Waals surface area (Å²) in [6.07, 6.45) is 3.55. The molecule has 1 aromatic carbocycles. The largest absolute Gasteiger partial charge is 0.491 e. The van der Waals surface area contributed by atoms with Gasteiger partial charge in [-0.3, -0.25) is 0 Å². The molecule has 0 atom stereocenters. The van der Waals surface area contributed by atoms with E-state index in [0.29, 0.717) is 18.0 Å². The number of hydrogen-bond acceptors (Lipinski definition) is 3. The lowest BCUT2D eigenvalue weighted by Crippen LogP contribution is -2.08. The molecule has 0 amide bonds. The zero-order chi connectivity index (χ0) is 13.1. The van der Waals surface area contributed by atoms with Crippen molar-refractivity contribution in [3.05, 3.63) is 17.9 Å². The smallest absolute Gasteiger partial charge is 0.167 e. The number of nitrogen functional groups attached to an aromatic ring is 1. The van der Waals surface area contributed by atoms with E-state index in [4.69, 9.17) is 15.2 Å². The van der Waals surface area contributed by atoms with E-state index in [0.717, 1.165) is 12.3 Å². The maximum Gasteiger partial charge on any atom is 0.167 e. The van der Waals surface area contributed by atoms with Crippen LogP contribution >= 0.6 is 0 Å². The summed E-state index contributed by atoms with van der Waals surface area (Å²) >= 11 is 0. The van der Waals surface area contributed by atoms with E-state index in [1.807, 2.05) is 13.8 Å². The summed E-state index contributed by atoms with van der Waals surface area (Å²) in [5.41, 5.74) is 6.05. The fraction of sp³-hybridized carbons (Fsp3) is 0.571. The van der Waals surface area contributed by atoms with Gasteiger partial charge >= 0.3 is 0 Å². The van der Waals surface area contributed by atoms with E-state index >= 15 is 0 Å². The van der Waals surface area contributed by atoms with E-state index < -0.39 is 5.82 Å². The molecule has 100 valence electrons. The van der Waals surface area contributed by atoms with Crippen LogP contribution in [0.2, 0.25) is 0 Å². The van der Waals surface area contributed by atoms with Crippen LogP contribution in [0.25, 0.3) is 0 Å². The van der Waals surface area contributed by atoms with Gasteiger partial charge in [0.2, 0.25) is 0 Å². The maximum absolute atomic E-state index is 13.6. The highest BCUT2D eigenvalue weighted by Gasteiger charge is 2.21. The molecule has 4 heteroatoms. The number of benzene rings is 1. The quantitative estimate of drug-likeness (QED) is 0.790. The van der Waals surface area contributed by atoms with Gasteiger partial charge in [-0.25, -0.2) is 4.39 Å². The summed E-state index contributed by atoms with van der Waals surface area (Å²) < 4.78 is 24.6. The SMILES string of the molecule is CC(C)Oc1cc(OCCC2CC2)c(N)cc1F. The van der Waals surface area contributed by atoms with Gasteiger partial charge in [0.1, 0.15) is 5.75 Å². The first-order valence-electron chi connectivity index (χ1n) is 6.44. The number of halogens is 1. The molecule has 1 aliphatic carbocycles. The molecule has 0 unspecified atom stereocenters. The van der Waals surface area contributed by atoms with Crippen LogP contribution in [-0.4, -0.2) is 12.7 Å². The predicted molar refractivity (Wildman–Crippen MR) is 69.4 cm³/mol. The van der Waals surface area contributed by atoms with Crippen molar-refractivity contribution in [2.45, 2.75) is 39.2 Å². The van der Waals surface area contributed by atoms with Gasteiger partial charge in [0.15, 0.2) is 11.6 Å². The highest BCUT2D eigenvalue weighted by atomic mass is 19.1. The third kappa shape index (κ3) is 3.52. The Balaban J connectivity index is 2.02. The zero-order valence-corrected chi connectivity index (χ0v) is 10.9. The second-order valence-corrected chi connectivity index (χ2v) is 5.07. The van der Waals surface area contributed by atoms with E-state index in [1.165, 1.54) is 25.0 Å². The van der Waals surface area contributed by atoms with Gasteiger partial charge in [0, 0.05) is 12.1 Å². The Bertz CT molecular complexity index is 417. The Labute approximate surface area is 107 Å². The Morgan fingerprint density at radius 2 is 2.06 bits per heavy atom. The highest BCUT2D eigenvalue weighted by molar-refractivity contribution is 5.56. The fourth-order valence-electron chi connectivity index (χ4n) is 1.76. The second-order valence-electron chi connectivity index (χ2n) is 5.07. The summed E-state index contributed by atoms with van der Waals surface area (Å²) in [6.45, 7) is 4.33.